The molecule has 0 bridgehead atoms. The fourth-order valence-electron chi connectivity index (χ4n) is 4.86. The molecule has 0 aromatic carbocycles. The summed E-state index contributed by atoms with van der Waals surface area (Å²) in [5, 5.41) is 1.69. The van der Waals surface area contributed by atoms with Gasteiger partial charge in [0.1, 0.15) is 9.77 Å². The van der Waals surface area contributed by atoms with Crippen LogP contribution in [0.5, 0.6) is 0 Å². The maximum atomic E-state index is 13.2. The molecule has 0 atom stereocenters. The number of rotatable bonds is 4. The summed E-state index contributed by atoms with van der Waals surface area (Å²) >= 11 is 1.20. The van der Waals surface area contributed by atoms with Crippen LogP contribution in [0.4, 0.5) is 0 Å². The molecular formula is C22H33N3O4S2. The maximum Gasteiger partial charge on any atom is 0.265 e. The first kappa shape index (κ1) is 22.7. The van der Waals surface area contributed by atoms with Crippen LogP contribution in [0.15, 0.2) is 16.3 Å². The van der Waals surface area contributed by atoms with Gasteiger partial charge in [0.2, 0.25) is 15.9 Å². The van der Waals surface area contributed by atoms with Gasteiger partial charge in [0.05, 0.1) is 0 Å². The lowest BCUT2D eigenvalue weighted by Crippen LogP contribution is -2.46. The largest absolute Gasteiger partial charge is 0.342 e. The Kier molecular flexibility index (Phi) is 7.03. The first-order valence-electron chi connectivity index (χ1n) is 11.5. The number of likely N-dealkylation sites (tertiary alicyclic amines) is 2. The number of hydrogen-bond donors (Lipinski definition) is 0. The van der Waals surface area contributed by atoms with E-state index in [9.17, 15) is 18.0 Å². The molecule has 0 saturated carbocycles. The lowest BCUT2D eigenvalue weighted by Gasteiger charge is -2.36. The van der Waals surface area contributed by atoms with Gasteiger partial charge in [0.15, 0.2) is 0 Å². The molecule has 0 radical (unpaired) electrons. The molecular weight excluding hydrogens is 434 g/mol. The van der Waals surface area contributed by atoms with Crippen LogP contribution in [-0.2, 0) is 14.8 Å². The molecule has 31 heavy (non-hydrogen) atoms. The molecule has 3 aliphatic heterocycles. The third kappa shape index (κ3) is 4.83. The normalized spacial score (nSPS) is 22.6. The first-order chi connectivity index (χ1) is 14.9. The van der Waals surface area contributed by atoms with E-state index in [1.807, 2.05) is 4.90 Å². The topological polar surface area (TPSA) is 78.0 Å². The van der Waals surface area contributed by atoms with Gasteiger partial charge in [0.25, 0.3) is 5.91 Å². The third-order valence-electron chi connectivity index (χ3n) is 6.98. The zero-order valence-electron chi connectivity index (χ0n) is 18.3. The summed E-state index contributed by atoms with van der Waals surface area (Å²) in [5.41, 5.74) is 0. The Morgan fingerprint density at radius 3 is 2.16 bits per heavy atom. The van der Waals surface area contributed by atoms with Crippen LogP contribution in [0.25, 0.3) is 0 Å². The van der Waals surface area contributed by atoms with E-state index < -0.39 is 10.0 Å². The van der Waals surface area contributed by atoms with Crippen LogP contribution < -0.4 is 0 Å². The number of carbonyl (C=O) groups is 2. The van der Waals surface area contributed by atoms with Crippen molar-refractivity contribution < 1.29 is 18.0 Å². The number of thiophene rings is 1. The Hall–Kier alpha value is -1.45. The third-order valence-corrected chi connectivity index (χ3v) is 9.96. The highest BCUT2D eigenvalue weighted by Crippen LogP contribution is 2.30. The monoisotopic (exact) mass is 467 g/mol. The molecule has 3 fully saturated rings. The van der Waals surface area contributed by atoms with Crippen molar-refractivity contribution in [2.45, 2.75) is 56.8 Å². The van der Waals surface area contributed by atoms with Crippen LogP contribution in [0.3, 0.4) is 0 Å². The van der Waals surface area contributed by atoms with Gasteiger partial charge in [-0.25, -0.2) is 8.42 Å². The summed E-state index contributed by atoms with van der Waals surface area (Å²) in [6.45, 7) is 5.96. The van der Waals surface area contributed by atoms with Gasteiger partial charge < -0.3 is 9.80 Å². The Morgan fingerprint density at radius 1 is 0.903 bits per heavy atom. The maximum absolute atomic E-state index is 13.2. The minimum atomic E-state index is -3.64. The van der Waals surface area contributed by atoms with E-state index >= 15 is 0 Å². The molecule has 0 N–H and O–H groups in total. The highest BCUT2D eigenvalue weighted by atomic mass is 32.2. The van der Waals surface area contributed by atoms with Gasteiger partial charge in [-0.15, -0.1) is 11.3 Å². The predicted octanol–water partition coefficient (Wildman–Crippen LogP) is 3.03. The second-order valence-corrected chi connectivity index (χ2v) is 12.0. The van der Waals surface area contributed by atoms with Gasteiger partial charge in [-0.3, -0.25) is 9.59 Å². The van der Waals surface area contributed by atoms with Crippen molar-refractivity contribution in [2.75, 3.05) is 39.3 Å². The fourth-order valence-corrected chi connectivity index (χ4v) is 7.74. The van der Waals surface area contributed by atoms with Gasteiger partial charge in [-0.2, -0.15) is 4.31 Å². The highest BCUT2D eigenvalue weighted by molar-refractivity contribution is 7.89. The Bertz CT molecular complexity index is 892. The van der Waals surface area contributed by atoms with Crippen molar-refractivity contribution in [3.8, 4) is 0 Å². The molecule has 0 spiro atoms. The van der Waals surface area contributed by atoms with E-state index in [4.69, 9.17) is 0 Å². The molecule has 1 aromatic rings. The quantitative estimate of drug-likeness (QED) is 0.682. The van der Waals surface area contributed by atoms with Crippen molar-refractivity contribution >= 4 is 33.2 Å². The Morgan fingerprint density at radius 2 is 1.52 bits per heavy atom. The molecule has 4 heterocycles. The second kappa shape index (κ2) is 9.58. The Balaban J connectivity index is 1.38. The van der Waals surface area contributed by atoms with Crippen LogP contribution in [0.2, 0.25) is 0 Å². The summed E-state index contributed by atoms with van der Waals surface area (Å²) in [4.78, 5) is 30.2. The summed E-state index contributed by atoms with van der Waals surface area (Å²) in [7, 11) is -3.64. The minimum Gasteiger partial charge on any atom is -0.342 e. The molecule has 1 aromatic heterocycles. The molecule has 3 aliphatic rings. The van der Waals surface area contributed by atoms with Gasteiger partial charge in [-0.05, 0) is 55.9 Å². The van der Waals surface area contributed by atoms with Crippen molar-refractivity contribution in [1.82, 2.24) is 14.1 Å². The summed E-state index contributed by atoms with van der Waals surface area (Å²) in [6.07, 6.45) is 6.21. The number of nitrogens with zero attached hydrogens (tertiary/aromatic N) is 3. The van der Waals surface area contributed by atoms with E-state index in [1.165, 1.54) is 15.6 Å². The number of piperidine rings is 3. The summed E-state index contributed by atoms with van der Waals surface area (Å²) in [6, 6.07) is 1.56. The van der Waals surface area contributed by atoms with E-state index in [0.29, 0.717) is 49.8 Å². The molecule has 172 valence electrons. The van der Waals surface area contributed by atoms with Crippen LogP contribution in [0, 0.1) is 11.8 Å². The van der Waals surface area contributed by atoms with Gasteiger partial charge in [-0.1, -0.05) is 13.3 Å². The van der Waals surface area contributed by atoms with E-state index in [2.05, 4.69) is 6.92 Å². The second-order valence-electron chi connectivity index (χ2n) is 9.15. The van der Waals surface area contributed by atoms with Crippen LogP contribution in [-0.4, -0.2) is 73.6 Å². The Labute approximate surface area is 189 Å². The standard InChI is InChI=1S/C22H33N3O4S2/c1-17-5-12-23(13-6-17)21(26)18-7-14-24(15-8-18)22(27)20-19(9-16-30-20)31(28,29)25-10-3-2-4-11-25/h9,16-18H,2-8,10-15H2,1H3. The number of hydrogen-bond acceptors (Lipinski definition) is 5. The smallest absolute Gasteiger partial charge is 0.265 e. The zero-order valence-corrected chi connectivity index (χ0v) is 19.9. The fraction of sp³-hybridized carbons (Fsp3) is 0.727. The minimum absolute atomic E-state index is 0.0302. The summed E-state index contributed by atoms with van der Waals surface area (Å²) < 4.78 is 27.7. The van der Waals surface area contributed by atoms with Gasteiger partial charge in [0, 0.05) is 45.2 Å². The number of amides is 2. The molecule has 3 saturated heterocycles. The van der Waals surface area contributed by atoms with E-state index in [0.717, 1.165) is 45.2 Å². The highest BCUT2D eigenvalue weighted by Gasteiger charge is 2.35. The lowest BCUT2D eigenvalue weighted by molar-refractivity contribution is -0.138. The van der Waals surface area contributed by atoms with E-state index in [1.54, 1.807) is 16.3 Å². The predicted molar refractivity (Wildman–Crippen MR) is 121 cm³/mol. The summed E-state index contributed by atoms with van der Waals surface area (Å²) in [5.74, 6) is 0.661. The average molecular weight is 468 g/mol. The van der Waals surface area contributed by atoms with E-state index in [-0.39, 0.29) is 22.6 Å². The van der Waals surface area contributed by atoms with Crippen LogP contribution >= 0.6 is 11.3 Å². The van der Waals surface area contributed by atoms with Crippen molar-refractivity contribution in [3.63, 3.8) is 0 Å². The average Bonchev–Trinajstić information content (AvgIpc) is 3.30. The number of carbonyl (C=O) groups excluding carboxylic acids is 2. The molecule has 7 nitrogen and oxygen atoms in total. The number of sulfonamides is 1. The lowest BCUT2D eigenvalue weighted by atomic mass is 9.92. The molecule has 0 unspecified atom stereocenters. The van der Waals surface area contributed by atoms with Gasteiger partial charge >= 0.3 is 0 Å². The molecule has 9 heteroatoms. The SMILES string of the molecule is CC1CCN(C(=O)C2CCN(C(=O)c3sccc3S(=O)(=O)N3CCCCC3)CC2)CC1. The van der Waals surface area contributed by atoms with Crippen molar-refractivity contribution in [3.05, 3.63) is 16.3 Å². The molecule has 2 amide bonds. The van der Waals surface area contributed by atoms with Crippen molar-refractivity contribution in [1.29, 1.82) is 0 Å². The first-order valence-corrected chi connectivity index (χ1v) is 13.9. The molecule has 4 rings (SSSR count). The zero-order chi connectivity index (χ0) is 22.0. The van der Waals surface area contributed by atoms with Crippen LogP contribution in [0.1, 0.15) is 61.5 Å². The molecule has 0 aliphatic carbocycles. The van der Waals surface area contributed by atoms with Crippen molar-refractivity contribution in [2.24, 2.45) is 11.8 Å².